The summed E-state index contributed by atoms with van der Waals surface area (Å²) in [6.07, 6.45) is -4.88. The molecule has 1 atom stereocenters. The van der Waals surface area contributed by atoms with Crippen LogP contribution in [-0.4, -0.2) is 22.8 Å². The lowest BCUT2D eigenvalue weighted by molar-refractivity contribution is -0.191. The van der Waals surface area contributed by atoms with Gasteiger partial charge in [-0.15, -0.1) is 0 Å². The standard InChI is InChI=1S/C4H7F3N2O2/c1-3(8,2(10)9-11)4(5,6)7/h11H,8H2,1H3,(H,9,10). The first kappa shape index (κ1) is 10.2. The molecule has 7 heteroatoms. The summed E-state index contributed by atoms with van der Waals surface area (Å²) in [6.45, 7) is 0.457. The first-order valence-corrected chi connectivity index (χ1v) is 2.53. The zero-order valence-electron chi connectivity index (χ0n) is 5.57. The van der Waals surface area contributed by atoms with Crippen LogP contribution in [0.2, 0.25) is 0 Å². The van der Waals surface area contributed by atoms with Crippen molar-refractivity contribution in [2.75, 3.05) is 0 Å². The zero-order chi connectivity index (χ0) is 9.28. The number of carbonyl (C=O) groups is 1. The number of hydrogen-bond acceptors (Lipinski definition) is 3. The van der Waals surface area contributed by atoms with Gasteiger partial charge in [-0.3, -0.25) is 10.0 Å². The SMILES string of the molecule is CC(N)(C(=O)NO)C(F)(F)F. The summed E-state index contributed by atoms with van der Waals surface area (Å²) in [4.78, 5) is 10.3. The van der Waals surface area contributed by atoms with Gasteiger partial charge in [-0.25, -0.2) is 5.48 Å². The minimum Gasteiger partial charge on any atom is -0.310 e. The Bertz CT molecular complexity index is 165. The topological polar surface area (TPSA) is 75.4 Å². The van der Waals surface area contributed by atoms with E-state index in [0.717, 1.165) is 5.48 Å². The van der Waals surface area contributed by atoms with Crippen LogP contribution in [0, 0.1) is 0 Å². The predicted octanol–water partition coefficient (Wildman–Crippen LogP) is -0.229. The smallest absolute Gasteiger partial charge is 0.310 e. The second kappa shape index (κ2) is 2.67. The highest BCUT2D eigenvalue weighted by molar-refractivity contribution is 5.85. The molecule has 1 amide bonds. The van der Waals surface area contributed by atoms with Crippen molar-refractivity contribution in [1.82, 2.24) is 5.48 Å². The van der Waals surface area contributed by atoms with E-state index in [1.807, 2.05) is 0 Å². The third kappa shape index (κ3) is 1.81. The van der Waals surface area contributed by atoms with Gasteiger partial charge in [-0.2, -0.15) is 13.2 Å². The van der Waals surface area contributed by atoms with Crippen LogP contribution in [0.4, 0.5) is 13.2 Å². The summed E-state index contributed by atoms with van der Waals surface area (Å²) < 4.78 is 35.3. The van der Waals surface area contributed by atoms with E-state index in [4.69, 9.17) is 5.21 Å². The van der Waals surface area contributed by atoms with Crippen molar-refractivity contribution in [3.63, 3.8) is 0 Å². The Balaban J connectivity index is 4.59. The minimum absolute atomic E-state index is 0.457. The zero-order valence-corrected chi connectivity index (χ0v) is 5.57. The Morgan fingerprint density at radius 3 is 2.00 bits per heavy atom. The first-order valence-electron chi connectivity index (χ1n) is 2.53. The van der Waals surface area contributed by atoms with Crippen LogP contribution in [0.1, 0.15) is 6.92 Å². The fraction of sp³-hybridized carbons (Fsp3) is 0.750. The molecule has 0 aromatic heterocycles. The van der Waals surface area contributed by atoms with Crippen molar-refractivity contribution in [3.8, 4) is 0 Å². The molecule has 0 saturated carbocycles. The molecule has 0 spiro atoms. The Morgan fingerprint density at radius 1 is 1.55 bits per heavy atom. The largest absolute Gasteiger partial charge is 0.415 e. The van der Waals surface area contributed by atoms with E-state index in [2.05, 4.69) is 5.73 Å². The normalized spacial score (nSPS) is 17.3. The third-order valence-corrected chi connectivity index (χ3v) is 1.16. The number of halogens is 3. The van der Waals surface area contributed by atoms with Crippen molar-refractivity contribution < 1.29 is 23.2 Å². The van der Waals surface area contributed by atoms with Crippen molar-refractivity contribution in [3.05, 3.63) is 0 Å². The van der Waals surface area contributed by atoms with Crippen LogP contribution in [0.15, 0.2) is 0 Å². The van der Waals surface area contributed by atoms with Gasteiger partial charge in [0.2, 0.25) is 0 Å². The predicted molar refractivity (Wildman–Crippen MR) is 28.6 cm³/mol. The van der Waals surface area contributed by atoms with Gasteiger partial charge >= 0.3 is 6.18 Å². The number of alkyl halides is 3. The lowest BCUT2D eigenvalue weighted by atomic mass is 10.0. The molecule has 0 aliphatic rings. The number of nitrogens with one attached hydrogen (secondary N) is 1. The molecule has 0 aliphatic carbocycles. The molecule has 4 nitrogen and oxygen atoms in total. The second-order valence-electron chi connectivity index (χ2n) is 2.14. The van der Waals surface area contributed by atoms with Crippen molar-refractivity contribution >= 4 is 5.91 Å². The monoisotopic (exact) mass is 172 g/mol. The number of carbonyl (C=O) groups excluding carboxylic acids is 1. The van der Waals surface area contributed by atoms with Crippen LogP contribution in [-0.2, 0) is 4.79 Å². The molecule has 0 aliphatic heterocycles. The molecule has 4 N–H and O–H groups in total. The highest BCUT2D eigenvalue weighted by Gasteiger charge is 2.53. The number of amides is 1. The summed E-state index contributed by atoms with van der Waals surface area (Å²) in [5.41, 5.74) is 2.32. The number of rotatable bonds is 1. The molecule has 0 aromatic carbocycles. The molecule has 11 heavy (non-hydrogen) atoms. The van der Waals surface area contributed by atoms with Crippen LogP contribution >= 0.6 is 0 Å². The van der Waals surface area contributed by atoms with Gasteiger partial charge in [0.05, 0.1) is 0 Å². The summed E-state index contributed by atoms with van der Waals surface area (Å²) in [6, 6.07) is 0. The van der Waals surface area contributed by atoms with E-state index in [9.17, 15) is 18.0 Å². The third-order valence-electron chi connectivity index (χ3n) is 1.16. The maximum atomic E-state index is 11.8. The maximum Gasteiger partial charge on any atom is 0.415 e. The van der Waals surface area contributed by atoms with E-state index in [0.29, 0.717) is 6.92 Å². The molecule has 1 unspecified atom stereocenters. The van der Waals surface area contributed by atoms with Crippen LogP contribution < -0.4 is 11.2 Å². The van der Waals surface area contributed by atoms with E-state index >= 15 is 0 Å². The molecule has 0 saturated heterocycles. The molecule has 66 valence electrons. The van der Waals surface area contributed by atoms with Crippen molar-refractivity contribution in [2.24, 2.45) is 5.73 Å². The Kier molecular flexibility index (Phi) is 2.47. The Hall–Kier alpha value is -0.820. The molecule has 0 bridgehead atoms. The molecule has 0 fully saturated rings. The average molecular weight is 172 g/mol. The Morgan fingerprint density at radius 2 is 1.91 bits per heavy atom. The molecule has 0 aromatic rings. The van der Waals surface area contributed by atoms with Crippen molar-refractivity contribution in [1.29, 1.82) is 0 Å². The van der Waals surface area contributed by atoms with Gasteiger partial charge in [0, 0.05) is 0 Å². The lowest BCUT2D eigenvalue weighted by Gasteiger charge is -2.24. The van der Waals surface area contributed by atoms with Gasteiger partial charge in [0.1, 0.15) is 0 Å². The Labute approximate surface area is 60.1 Å². The molecular formula is C4H7F3N2O2. The van der Waals surface area contributed by atoms with Crippen LogP contribution in [0.25, 0.3) is 0 Å². The van der Waals surface area contributed by atoms with Crippen molar-refractivity contribution in [2.45, 2.75) is 18.6 Å². The van der Waals surface area contributed by atoms with Gasteiger partial charge in [0.25, 0.3) is 5.91 Å². The summed E-state index contributed by atoms with van der Waals surface area (Å²) in [5, 5.41) is 7.85. The highest BCUT2D eigenvalue weighted by Crippen LogP contribution is 2.27. The average Bonchev–Trinajstić information content (AvgIpc) is 1.83. The molecule has 0 radical (unpaired) electrons. The van der Waals surface area contributed by atoms with E-state index < -0.39 is 17.6 Å². The lowest BCUT2D eigenvalue weighted by Crippen LogP contribution is -2.60. The highest BCUT2D eigenvalue weighted by atomic mass is 19.4. The van der Waals surface area contributed by atoms with E-state index in [1.54, 1.807) is 0 Å². The summed E-state index contributed by atoms with van der Waals surface area (Å²) >= 11 is 0. The number of nitrogens with two attached hydrogens (primary N) is 1. The van der Waals surface area contributed by atoms with Gasteiger partial charge in [0.15, 0.2) is 5.54 Å². The second-order valence-corrected chi connectivity index (χ2v) is 2.14. The van der Waals surface area contributed by atoms with E-state index in [-0.39, 0.29) is 0 Å². The van der Waals surface area contributed by atoms with Crippen LogP contribution in [0.5, 0.6) is 0 Å². The van der Waals surface area contributed by atoms with E-state index in [1.165, 1.54) is 0 Å². The molecule has 0 rings (SSSR count). The molecular weight excluding hydrogens is 165 g/mol. The fourth-order valence-electron chi connectivity index (χ4n) is 0.245. The van der Waals surface area contributed by atoms with Gasteiger partial charge in [-0.1, -0.05) is 0 Å². The quantitative estimate of drug-likeness (QED) is 0.377. The number of hydrogen-bond donors (Lipinski definition) is 3. The number of hydroxylamine groups is 1. The van der Waals surface area contributed by atoms with Gasteiger partial charge in [-0.05, 0) is 6.92 Å². The van der Waals surface area contributed by atoms with Gasteiger partial charge < -0.3 is 5.73 Å². The minimum atomic E-state index is -4.88. The maximum absolute atomic E-state index is 11.8. The molecule has 0 heterocycles. The summed E-state index contributed by atoms with van der Waals surface area (Å²) in [5.74, 6) is -1.69. The summed E-state index contributed by atoms with van der Waals surface area (Å²) in [7, 11) is 0. The van der Waals surface area contributed by atoms with Crippen LogP contribution in [0.3, 0.4) is 0 Å². The fourth-order valence-corrected chi connectivity index (χ4v) is 0.245. The first-order chi connectivity index (χ1) is 4.73.